The van der Waals surface area contributed by atoms with E-state index in [4.69, 9.17) is 9.47 Å². The van der Waals surface area contributed by atoms with Crippen LogP contribution in [0, 0.1) is 22.7 Å². The Labute approximate surface area is 273 Å². The van der Waals surface area contributed by atoms with E-state index >= 15 is 0 Å². The normalized spacial score (nSPS) is 22.1. The maximum atomic E-state index is 12.5. The van der Waals surface area contributed by atoms with Crippen LogP contribution in [-0.2, 0) is 19.1 Å². The third-order valence-corrected chi connectivity index (χ3v) is 11.7. The van der Waals surface area contributed by atoms with Gasteiger partial charge >= 0.3 is 11.9 Å². The average Bonchev–Trinajstić information content (AvgIpc) is 3.32. The summed E-state index contributed by atoms with van der Waals surface area (Å²) >= 11 is 0. The van der Waals surface area contributed by atoms with E-state index in [0.29, 0.717) is 30.8 Å². The molecule has 44 heavy (non-hydrogen) atoms. The van der Waals surface area contributed by atoms with Crippen LogP contribution >= 0.6 is 0 Å². The second kappa shape index (κ2) is 22.4. The van der Waals surface area contributed by atoms with E-state index in [1.165, 1.54) is 103 Å². The van der Waals surface area contributed by atoms with Crippen molar-refractivity contribution in [2.24, 2.45) is 22.7 Å². The summed E-state index contributed by atoms with van der Waals surface area (Å²) < 4.78 is 11.6. The highest BCUT2D eigenvalue weighted by molar-refractivity contribution is 5.69. The van der Waals surface area contributed by atoms with E-state index in [9.17, 15) is 9.59 Å². The molecular formula is C39H73NO4. The lowest BCUT2D eigenvalue weighted by atomic mass is 9.70. The van der Waals surface area contributed by atoms with Crippen LogP contribution in [0.2, 0.25) is 0 Å². The second-order valence-electron chi connectivity index (χ2n) is 15.2. The predicted octanol–water partition coefficient (Wildman–Crippen LogP) is 10.7. The molecule has 0 aromatic heterocycles. The molecule has 2 fully saturated rings. The molecule has 2 aliphatic rings. The molecule has 0 aromatic rings. The number of rotatable bonds is 28. The molecule has 0 heterocycles. The van der Waals surface area contributed by atoms with Crippen molar-refractivity contribution >= 4 is 11.9 Å². The van der Waals surface area contributed by atoms with Crippen molar-refractivity contribution in [2.75, 3.05) is 19.7 Å². The van der Waals surface area contributed by atoms with Crippen LogP contribution < -0.4 is 5.32 Å². The van der Waals surface area contributed by atoms with Gasteiger partial charge in [0.25, 0.3) is 0 Å². The molecular weight excluding hydrogens is 546 g/mol. The van der Waals surface area contributed by atoms with Gasteiger partial charge in [-0.2, -0.15) is 0 Å². The smallest absolute Gasteiger partial charge is 0.306 e. The van der Waals surface area contributed by atoms with Crippen molar-refractivity contribution in [1.29, 1.82) is 0 Å². The fraction of sp³-hybridized carbons (Fsp3) is 0.949. The van der Waals surface area contributed by atoms with Gasteiger partial charge in [-0.3, -0.25) is 9.59 Å². The molecule has 0 saturated heterocycles. The molecule has 5 heteroatoms. The van der Waals surface area contributed by atoms with E-state index in [2.05, 4.69) is 39.9 Å². The number of unbranched alkanes of at least 4 members (excludes halogenated alkanes) is 12. The number of fused-ring (bicyclic) bond motifs is 2. The first-order valence-corrected chi connectivity index (χ1v) is 19.3. The molecule has 2 rings (SSSR count). The Balaban J connectivity index is 1.32. The summed E-state index contributed by atoms with van der Waals surface area (Å²) in [5.74, 6) is 1.47. The number of esters is 2. The summed E-state index contributed by atoms with van der Waals surface area (Å²) in [6, 6.07) is 0. The van der Waals surface area contributed by atoms with Crippen LogP contribution in [0.3, 0.4) is 0 Å². The third kappa shape index (κ3) is 14.1. The van der Waals surface area contributed by atoms with Gasteiger partial charge in [0.1, 0.15) is 6.10 Å². The van der Waals surface area contributed by atoms with E-state index < -0.39 is 0 Å². The molecule has 0 unspecified atom stereocenters. The van der Waals surface area contributed by atoms with Crippen molar-refractivity contribution in [2.45, 2.75) is 195 Å². The molecule has 5 nitrogen and oxygen atoms in total. The molecule has 258 valence electrons. The fourth-order valence-corrected chi connectivity index (χ4v) is 7.96. The number of ether oxygens (including phenoxy) is 2. The van der Waals surface area contributed by atoms with Gasteiger partial charge in [-0.05, 0) is 81.7 Å². The van der Waals surface area contributed by atoms with Gasteiger partial charge < -0.3 is 14.8 Å². The van der Waals surface area contributed by atoms with Crippen LogP contribution in [0.1, 0.15) is 189 Å². The zero-order valence-corrected chi connectivity index (χ0v) is 30.0. The Morgan fingerprint density at radius 1 is 0.705 bits per heavy atom. The topological polar surface area (TPSA) is 64.6 Å². The number of carbonyl (C=O) groups excluding carboxylic acids is 2. The Morgan fingerprint density at radius 2 is 1.25 bits per heavy atom. The van der Waals surface area contributed by atoms with Crippen molar-refractivity contribution in [3.05, 3.63) is 0 Å². The van der Waals surface area contributed by atoms with Crippen molar-refractivity contribution in [1.82, 2.24) is 5.32 Å². The molecule has 0 aliphatic heterocycles. The number of nitrogens with one attached hydrogen (secondary N) is 1. The lowest BCUT2D eigenvalue weighted by molar-refractivity contribution is -0.157. The Morgan fingerprint density at radius 3 is 1.77 bits per heavy atom. The molecule has 2 saturated carbocycles. The first-order chi connectivity index (χ1) is 21.2. The minimum absolute atomic E-state index is 0.00158. The minimum atomic E-state index is 0.00158. The lowest BCUT2D eigenvalue weighted by Crippen LogP contribution is -2.38. The van der Waals surface area contributed by atoms with Gasteiger partial charge in [-0.1, -0.05) is 125 Å². The summed E-state index contributed by atoms with van der Waals surface area (Å²) in [5.41, 5.74) is 0.467. The molecule has 0 aromatic carbocycles. The minimum Gasteiger partial charge on any atom is -0.466 e. The molecule has 1 N–H and O–H groups in total. The predicted molar refractivity (Wildman–Crippen MR) is 185 cm³/mol. The second-order valence-corrected chi connectivity index (χ2v) is 15.2. The zero-order valence-electron chi connectivity index (χ0n) is 30.0. The van der Waals surface area contributed by atoms with Gasteiger partial charge in [0.05, 0.1) is 6.61 Å². The molecule has 3 atom stereocenters. The highest BCUT2D eigenvalue weighted by Crippen LogP contribution is 2.66. The highest BCUT2D eigenvalue weighted by atomic mass is 16.5. The maximum absolute atomic E-state index is 12.5. The Bertz CT molecular complexity index is 757. The van der Waals surface area contributed by atoms with Gasteiger partial charge in [0, 0.05) is 18.3 Å². The van der Waals surface area contributed by atoms with Crippen LogP contribution in [0.5, 0.6) is 0 Å². The number of carbonyl (C=O) groups is 2. The standard InChI is InChI=1S/C39H73NO4/c1-6-8-16-22-33(23-17-9-7-2)27-31-43-36(41)24-18-12-10-14-20-29-40-30-21-15-11-13-19-25-37(42)44-35-32-34-26-28-39(35,5)38(34,3)4/h33-35,40H,6-32H2,1-5H3/t34-,35-,39+/m0/s1. The molecule has 0 spiro atoms. The maximum Gasteiger partial charge on any atom is 0.306 e. The zero-order chi connectivity index (χ0) is 32.1. The SMILES string of the molecule is CCCCCC(CCCCC)CCOC(=O)CCCCCCCNCCCCCCCC(=O)O[C@H]1C[C@@H]2CC[C@@]1(C)C2(C)C. The van der Waals surface area contributed by atoms with Crippen LogP contribution in [0.4, 0.5) is 0 Å². The molecule has 2 bridgehead atoms. The van der Waals surface area contributed by atoms with E-state index in [1.807, 2.05) is 0 Å². The quantitative estimate of drug-likeness (QED) is 0.0697. The van der Waals surface area contributed by atoms with Crippen molar-refractivity contribution < 1.29 is 19.1 Å². The van der Waals surface area contributed by atoms with Crippen LogP contribution in [0.25, 0.3) is 0 Å². The fourth-order valence-electron chi connectivity index (χ4n) is 7.96. The molecule has 2 aliphatic carbocycles. The largest absolute Gasteiger partial charge is 0.466 e. The van der Waals surface area contributed by atoms with Crippen molar-refractivity contribution in [3.8, 4) is 0 Å². The summed E-state index contributed by atoms with van der Waals surface area (Å²) in [7, 11) is 0. The van der Waals surface area contributed by atoms with Gasteiger partial charge in [-0.15, -0.1) is 0 Å². The molecule has 0 radical (unpaired) electrons. The van der Waals surface area contributed by atoms with E-state index in [0.717, 1.165) is 57.5 Å². The van der Waals surface area contributed by atoms with E-state index in [1.54, 1.807) is 0 Å². The van der Waals surface area contributed by atoms with Gasteiger partial charge in [0.2, 0.25) is 0 Å². The van der Waals surface area contributed by atoms with Crippen LogP contribution in [0.15, 0.2) is 0 Å². The first-order valence-electron chi connectivity index (χ1n) is 19.3. The lowest BCUT2D eigenvalue weighted by Gasteiger charge is -2.38. The molecule has 0 amide bonds. The van der Waals surface area contributed by atoms with Gasteiger partial charge in [0.15, 0.2) is 0 Å². The highest BCUT2D eigenvalue weighted by Gasteiger charge is 2.62. The summed E-state index contributed by atoms with van der Waals surface area (Å²) in [6.07, 6.45) is 27.7. The van der Waals surface area contributed by atoms with Crippen LogP contribution in [-0.4, -0.2) is 37.7 Å². The summed E-state index contributed by atoms with van der Waals surface area (Å²) in [4.78, 5) is 24.6. The Hall–Kier alpha value is -1.10. The number of hydrogen-bond acceptors (Lipinski definition) is 5. The monoisotopic (exact) mass is 620 g/mol. The Kier molecular flexibility index (Phi) is 19.9. The van der Waals surface area contributed by atoms with Gasteiger partial charge in [-0.25, -0.2) is 0 Å². The average molecular weight is 620 g/mol. The summed E-state index contributed by atoms with van der Waals surface area (Å²) in [5, 5.41) is 3.58. The first kappa shape index (κ1) is 39.1. The summed E-state index contributed by atoms with van der Waals surface area (Å²) in [6.45, 7) is 14.4. The number of hydrogen-bond donors (Lipinski definition) is 1. The van der Waals surface area contributed by atoms with Crippen molar-refractivity contribution in [3.63, 3.8) is 0 Å². The third-order valence-electron chi connectivity index (χ3n) is 11.7. The van der Waals surface area contributed by atoms with E-state index in [-0.39, 0.29) is 23.5 Å².